The van der Waals surface area contributed by atoms with Crippen molar-refractivity contribution in [2.45, 2.75) is 75.3 Å². The molecule has 58 heavy (non-hydrogen) atoms. The maximum Gasteiger partial charge on any atom is 0.417 e. The Labute approximate surface area is 334 Å². The number of methoxy groups -OCH3 is 3. The van der Waals surface area contributed by atoms with E-state index in [0.717, 1.165) is 10.4 Å². The SMILES string of the molecule is COc1ccc(CN(Cc2ccc(OC)cc2)S(=O)(=O)c2c(C(F)(F)F)ccc(CCC3CCC(NC(=O)O)CC3)c2-c2nnnn2Cc2ccc(OC)cc2)cc1. The summed E-state index contributed by atoms with van der Waals surface area (Å²) in [5.41, 5.74) is 0.476. The molecule has 1 aliphatic rings. The third-order valence-electron chi connectivity index (χ3n) is 10.4. The lowest BCUT2D eigenvalue weighted by Gasteiger charge is -2.29. The van der Waals surface area contributed by atoms with Crippen molar-refractivity contribution in [2.24, 2.45) is 5.92 Å². The highest BCUT2D eigenvalue weighted by Crippen LogP contribution is 2.43. The number of nitrogens with one attached hydrogen (secondary N) is 1. The van der Waals surface area contributed by atoms with Crippen LogP contribution in [0.25, 0.3) is 11.4 Å². The van der Waals surface area contributed by atoms with Gasteiger partial charge in [0.05, 0.1) is 33.4 Å². The van der Waals surface area contributed by atoms with Crippen LogP contribution in [0.1, 0.15) is 59.9 Å². The van der Waals surface area contributed by atoms with Gasteiger partial charge in [-0.25, -0.2) is 17.9 Å². The Kier molecular flexibility index (Phi) is 13.2. The summed E-state index contributed by atoms with van der Waals surface area (Å²) in [4.78, 5) is 10.3. The number of sulfonamides is 1. The standard InChI is InChI=1S/C41H45F3N6O7S/c1-55-33-17-7-28(8-18-33)24-49(25-29-9-19-34(56-2)20-10-29)58(53,54)38-36(41(42,43)44)23-14-31(13-4-27-5-15-32(16-6-27)45-40(51)52)37(38)39-46-47-48-50(39)26-30-11-21-35(57-3)22-12-30/h7-12,14,17-23,27,32,45H,4-6,13,15-16,24-26H2,1-3H3,(H,51,52). The van der Waals surface area contributed by atoms with Crippen molar-refractivity contribution in [3.63, 3.8) is 0 Å². The Hall–Kier alpha value is -5.68. The van der Waals surface area contributed by atoms with E-state index in [0.29, 0.717) is 71.6 Å². The summed E-state index contributed by atoms with van der Waals surface area (Å²) >= 11 is 0. The molecule has 0 bridgehead atoms. The minimum absolute atomic E-state index is 0.0174. The number of tetrazole rings is 1. The van der Waals surface area contributed by atoms with Crippen molar-refractivity contribution in [1.29, 1.82) is 0 Å². The molecule has 1 aliphatic carbocycles. The highest BCUT2D eigenvalue weighted by atomic mass is 32.2. The third-order valence-corrected chi connectivity index (χ3v) is 12.3. The molecule has 0 unspecified atom stereocenters. The van der Waals surface area contributed by atoms with Crippen LogP contribution in [0, 0.1) is 5.92 Å². The van der Waals surface area contributed by atoms with Gasteiger partial charge in [-0.15, -0.1) is 5.10 Å². The zero-order valence-electron chi connectivity index (χ0n) is 32.3. The number of nitrogens with zero attached hydrogens (tertiary/aromatic N) is 5. The molecule has 6 rings (SSSR count). The monoisotopic (exact) mass is 822 g/mol. The van der Waals surface area contributed by atoms with E-state index in [4.69, 9.17) is 14.2 Å². The van der Waals surface area contributed by atoms with Crippen molar-refractivity contribution in [3.05, 3.63) is 113 Å². The molecule has 1 aromatic heterocycles. The fourth-order valence-corrected chi connectivity index (χ4v) is 9.15. The van der Waals surface area contributed by atoms with Crippen LogP contribution in [-0.2, 0) is 42.3 Å². The second-order valence-electron chi connectivity index (χ2n) is 14.2. The van der Waals surface area contributed by atoms with E-state index in [9.17, 15) is 9.90 Å². The van der Waals surface area contributed by atoms with Gasteiger partial charge in [0.2, 0.25) is 10.0 Å². The van der Waals surface area contributed by atoms with Gasteiger partial charge in [0.15, 0.2) is 5.82 Å². The first kappa shape index (κ1) is 41.9. The zero-order valence-corrected chi connectivity index (χ0v) is 33.1. The molecule has 1 saturated carbocycles. The minimum Gasteiger partial charge on any atom is -0.497 e. The van der Waals surface area contributed by atoms with Gasteiger partial charge in [0.25, 0.3) is 0 Å². The lowest BCUT2D eigenvalue weighted by Crippen LogP contribution is -2.36. The summed E-state index contributed by atoms with van der Waals surface area (Å²) in [6.07, 6.45) is -2.84. The van der Waals surface area contributed by atoms with E-state index >= 15 is 21.6 Å². The van der Waals surface area contributed by atoms with Crippen molar-refractivity contribution < 1.29 is 45.7 Å². The lowest BCUT2D eigenvalue weighted by molar-refractivity contribution is -0.139. The van der Waals surface area contributed by atoms with Crippen molar-refractivity contribution in [1.82, 2.24) is 29.8 Å². The van der Waals surface area contributed by atoms with Crippen LogP contribution in [0.4, 0.5) is 18.0 Å². The van der Waals surface area contributed by atoms with Crippen LogP contribution in [-0.4, -0.2) is 71.5 Å². The van der Waals surface area contributed by atoms with Gasteiger partial charge >= 0.3 is 12.3 Å². The molecule has 5 aromatic rings. The van der Waals surface area contributed by atoms with E-state index < -0.39 is 32.8 Å². The summed E-state index contributed by atoms with van der Waals surface area (Å²) < 4.78 is 94.7. The van der Waals surface area contributed by atoms with Crippen LogP contribution in [0.15, 0.2) is 89.8 Å². The molecule has 13 nitrogen and oxygen atoms in total. The molecule has 0 radical (unpaired) electrons. The number of hydrogen-bond acceptors (Lipinski definition) is 9. The first-order valence-corrected chi connectivity index (χ1v) is 20.1. The summed E-state index contributed by atoms with van der Waals surface area (Å²) in [5, 5.41) is 23.9. The Morgan fingerprint density at radius 2 is 1.33 bits per heavy atom. The average Bonchev–Trinajstić information content (AvgIpc) is 3.67. The highest BCUT2D eigenvalue weighted by molar-refractivity contribution is 7.89. The molecule has 17 heteroatoms. The molecule has 2 N–H and O–H groups in total. The molecule has 0 saturated heterocycles. The second-order valence-corrected chi connectivity index (χ2v) is 16.0. The average molecular weight is 823 g/mol. The molecule has 0 atom stereocenters. The Bertz CT molecular complexity index is 2210. The largest absolute Gasteiger partial charge is 0.497 e. The Morgan fingerprint density at radius 1 is 0.810 bits per heavy atom. The smallest absolute Gasteiger partial charge is 0.417 e. The number of benzene rings is 4. The number of rotatable bonds is 16. The fourth-order valence-electron chi connectivity index (χ4n) is 7.32. The fraction of sp³-hybridized carbons (Fsp3) is 0.366. The quantitative estimate of drug-likeness (QED) is 0.102. The normalized spacial score (nSPS) is 15.9. The number of ether oxygens (including phenoxy) is 3. The van der Waals surface area contributed by atoms with Gasteiger partial charge in [-0.05, 0) is 120 Å². The number of carbonyl (C=O) groups is 1. The van der Waals surface area contributed by atoms with E-state index in [1.165, 1.54) is 32.1 Å². The number of aryl methyl sites for hydroxylation is 1. The van der Waals surface area contributed by atoms with Gasteiger partial charge in [0.1, 0.15) is 22.1 Å². The van der Waals surface area contributed by atoms with Gasteiger partial charge in [-0.1, -0.05) is 42.5 Å². The summed E-state index contributed by atoms with van der Waals surface area (Å²) in [6, 6.07) is 22.2. The number of hydrogen-bond donors (Lipinski definition) is 2. The minimum atomic E-state index is -5.09. The number of alkyl halides is 3. The number of aromatic nitrogens is 4. The van der Waals surface area contributed by atoms with Gasteiger partial charge < -0.3 is 24.6 Å². The molecule has 1 fully saturated rings. The number of amides is 1. The molecule has 0 aliphatic heterocycles. The van der Waals surface area contributed by atoms with Crippen LogP contribution in [0.3, 0.4) is 0 Å². The second kappa shape index (κ2) is 18.3. The van der Waals surface area contributed by atoms with Crippen LogP contribution in [0.2, 0.25) is 0 Å². The molecule has 1 heterocycles. The zero-order chi connectivity index (χ0) is 41.5. The summed E-state index contributed by atoms with van der Waals surface area (Å²) in [6.45, 7) is -0.531. The Morgan fingerprint density at radius 3 is 1.81 bits per heavy atom. The summed E-state index contributed by atoms with van der Waals surface area (Å²) in [7, 11) is -0.511. The van der Waals surface area contributed by atoms with Crippen molar-refractivity contribution in [2.75, 3.05) is 21.3 Å². The maximum absolute atomic E-state index is 15.3. The molecule has 1 amide bonds. The van der Waals surface area contributed by atoms with Crippen LogP contribution < -0.4 is 19.5 Å². The van der Waals surface area contributed by atoms with E-state index in [1.54, 1.807) is 72.8 Å². The molecule has 308 valence electrons. The van der Waals surface area contributed by atoms with Crippen LogP contribution in [0.5, 0.6) is 17.2 Å². The van der Waals surface area contributed by atoms with E-state index in [2.05, 4.69) is 20.8 Å². The first-order chi connectivity index (χ1) is 27.8. The van der Waals surface area contributed by atoms with E-state index in [1.807, 2.05) is 0 Å². The molecule has 4 aromatic carbocycles. The molecule has 0 spiro atoms. The van der Waals surface area contributed by atoms with Gasteiger partial charge in [-0.2, -0.15) is 17.5 Å². The Balaban J connectivity index is 1.50. The van der Waals surface area contributed by atoms with Gasteiger partial charge in [-0.3, -0.25) is 0 Å². The first-order valence-electron chi connectivity index (χ1n) is 18.7. The predicted molar refractivity (Wildman–Crippen MR) is 208 cm³/mol. The lowest BCUT2D eigenvalue weighted by atomic mass is 9.82. The topological polar surface area (TPSA) is 158 Å². The molecular formula is C41H45F3N6O7S. The number of carboxylic acid groups (broad SMARTS) is 1. The predicted octanol–water partition coefficient (Wildman–Crippen LogP) is 7.58. The van der Waals surface area contributed by atoms with Crippen molar-refractivity contribution in [3.8, 4) is 28.6 Å². The highest BCUT2D eigenvalue weighted by Gasteiger charge is 2.43. The maximum atomic E-state index is 15.3. The summed E-state index contributed by atoms with van der Waals surface area (Å²) in [5.74, 6) is 1.63. The van der Waals surface area contributed by atoms with Gasteiger partial charge in [0, 0.05) is 24.7 Å². The number of halogens is 3. The molecular weight excluding hydrogens is 778 g/mol. The van der Waals surface area contributed by atoms with Crippen molar-refractivity contribution >= 4 is 16.1 Å². The third kappa shape index (κ3) is 10.1. The van der Waals surface area contributed by atoms with Crippen LogP contribution >= 0.6 is 0 Å². The van der Waals surface area contributed by atoms with E-state index in [-0.39, 0.29) is 49.4 Å².